The quantitative estimate of drug-likeness (QED) is 0.562. The fraction of sp³-hybridized carbons (Fsp3) is 0.125. The average molecular weight is 211 g/mol. The Bertz CT molecular complexity index is 380. The number of anilines is 1. The molecule has 1 heterocycles. The third-order valence-electron chi connectivity index (χ3n) is 1.47. The van der Waals surface area contributed by atoms with E-state index in [-0.39, 0.29) is 18.0 Å². The first kappa shape index (κ1) is 10.8. The third kappa shape index (κ3) is 3.51. The molecule has 1 aromatic rings. The van der Waals surface area contributed by atoms with Gasteiger partial charge in [0, 0.05) is 12.3 Å². The summed E-state index contributed by atoms with van der Waals surface area (Å²) in [6, 6.07) is 1.31. The largest absolute Gasteiger partial charge is 0.506 e. The van der Waals surface area contributed by atoms with E-state index >= 15 is 0 Å². The second-order valence-corrected chi connectivity index (χ2v) is 2.60. The molecule has 0 aliphatic carbocycles. The van der Waals surface area contributed by atoms with Crippen LogP contribution in [0.4, 0.5) is 10.5 Å². The van der Waals surface area contributed by atoms with Crippen molar-refractivity contribution in [3.63, 3.8) is 0 Å². The topological polar surface area (TPSA) is 112 Å². The van der Waals surface area contributed by atoms with Gasteiger partial charge in [-0.15, -0.1) is 0 Å². The molecule has 0 fully saturated rings. The summed E-state index contributed by atoms with van der Waals surface area (Å²) < 4.78 is 0. The Kier molecular flexibility index (Phi) is 3.44. The summed E-state index contributed by atoms with van der Waals surface area (Å²) >= 11 is 0. The summed E-state index contributed by atoms with van der Waals surface area (Å²) in [4.78, 5) is 24.8. The van der Waals surface area contributed by atoms with Gasteiger partial charge in [0.05, 0.1) is 6.20 Å². The lowest BCUT2D eigenvalue weighted by Crippen LogP contribution is -2.31. The van der Waals surface area contributed by atoms with E-state index in [1.165, 1.54) is 18.5 Å². The number of nitrogens with zero attached hydrogens (tertiary/aromatic N) is 1. The van der Waals surface area contributed by atoms with Gasteiger partial charge in [0.15, 0.2) is 0 Å². The zero-order valence-electron chi connectivity index (χ0n) is 7.60. The van der Waals surface area contributed by atoms with Crippen LogP contribution in [0.5, 0.6) is 5.75 Å². The van der Waals surface area contributed by atoms with Crippen LogP contribution in [0.1, 0.15) is 0 Å². The van der Waals surface area contributed by atoms with Crippen LogP contribution in [0.3, 0.4) is 0 Å². The van der Waals surface area contributed by atoms with E-state index in [4.69, 9.17) is 5.11 Å². The highest BCUT2D eigenvalue weighted by molar-refractivity contribution is 5.94. The number of pyridine rings is 1. The molecule has 80 valence electrons. The maximum atomic E-state index is 11.1. The van der Waals surface area contributed by atoms with Crippen LogP contribution >= 0.6 is 0 Å². The normalized spacial score (nSPS) is 9.33. The van der Waals surface area contributed by atoms with Crippen molar-refractivity contribution in [2.75, 3.05) is 11.9 Å². The number of carbonyl (C=O) groups is 2. The summed E-state index contributed by atoms with van der Waals surface area (Å²) in [6.45, 7) is -0.385. The van der Waals surface area contributed by atoms with Crippen LogP contribution in [-0.2, 0) is 4.79 Å². The summed E-state index contributed by atoms with van der Waals surface area (Å²) in [5.41, 5.74) is 0.134. The Balaban J connectivity index is 2.52. The zero-order chi connectivity index (χ0) is 11.3. The van der Waals surface area contributed by atoms with E-state index in [1.54, 1.807) is 0 Å². The van der Waals surface area contributed by atoms with Gasteiger partial charge in [-0.05, 0) is 0 Å². The first-order chi connectivity index (χ1) is 7.09. The molecule has 4 N–H and O–H groups in total. The van der Waals surface area contributed by atoms with Gasteiger partial charge in [0.2, 0.25) is 5.91 Å². The van der Waals surface area contributed by atoms with Crippen molar-refractivity contribution < 1.29 is 19.8 Å². The predicted molar refractivity (Wildman–Crippen MR) is 50.6 cm³/mol. The summed E-state index contributed by atoms with van der Waals surface area (Å²) in [5.74, 6) is -0.714. The molecule has 1 aromatic heterocycles. The summed E-state index contributed by atoms with van der Waals surface area (Å²) in [7, 11) is 0. The number of nitrogens with one attached hydrogen (secondary N) is 2. The average Bonchev–Trinajstić information content (AvgIpc) is 2.18. The van der Waals surface area contributed by atoms with Crippen LogP contribution in [-0.4, -0.2) is 33.7 Å². The van der Waals surface area contributed by atoms with Crippen LogP contribution in [0.25, 0.3) is 0 Å². The van der Waals surface area contributed by atoms with E-state index < -0.39 is 12.0 Å². The Hall–Kier alpha value is -2.31. The molecule has 15 heavy (non-hydrogen) atoms. The number of carbonyl (C=O) groups excluding carboxylic acids is 1. The fourth-order valence-electron chi connectivity index (χ4n) is 0.834. The molecule has 0 aliphatic rings. The molecule has 7 heteroatoms. The highest BCUT2D eigenvalue weighted by Gasteiger charge is 2.06. The lowest BCUT2D eigenvalue weighted by atomic mass is 10.4. The Morgan fingerprint density at radius 3 is 2.80 bits per heavy atom. The molecule has 0 unspecified atom stereocenters. The summed E-state index contributed by atoms with van der Waals surface area (Å²) in [6.07, 6.45) is 1.33. The molecule has 2 amide bonds. The van der Waals surface area contributed by atoms with Crippen molar-refractivity contribution >= 4 is 17.7 Å². The lowest BCUT2D eigenvalue weighted by molar-refractivity contribution is -0.115. The summed E-state index contributed by atoms with van der Waals surface area (Å²) in [5, 5.41) is 21.7. The van der Waals surface area contributed by atoms with Crippen LogP contribution in [0.2, 0.25) is 0 Å². The Labute approximate surface area is 84.8 Å². The molecule has 0 spiro atoms. The molecule has 0 aliphatic heterocycles. The van der Waals surface area contributed by atoms with Gasteiger partial charge in [0.1, 0.15) is 18.0 Å². The van der Waals surface area contributed by atoms with Crippen molar-refractivity contribution in [3.8, 4) is 5.75 Å². The lowest BCUT2D eigenvalue weighted by Gasteiger charge is -2.05. The van der Waals surface area contributed by atoms with E-state index in [2.05, 4.69) is 10.3 Å². The maximum Gasteiger partial charge on any atom is 0.405 e. The second kappa shape index (κ2) is 4.80. The smallest absolute Gasteiger partial charge is 0.405 e. The van der Waals surface area contributed by atoms with Crippen molar-refractivity contribution in [2.45, 2.75) is 0 Å². The first-order valence-electron chi connectivity index (χ1n) is 3.99. The third-order valence-corrected chi connectivity index (χ3v) is 1.47. The van der Waals surface area contributed by atoms with Gasteiger partial charge < -0.3 is 20.8 Å². The number of hydrogen-bond donors (Lipinski definition) is 4. The molecular weight excluding hydrogens is 202 g/mol. The van der Waals surface area contributed by atoms with E-state index in [0.717, 1.165) is 0 Å². The predicted octanol–water partition coefficient (Wildman–Crippen LogP) is -0.00670. The molecule has 0 saturated carbocycles. The van der Waals surface area contributed by atoms with Gasteiger partial charge in [-0.3, -0.25) is 9.78 Å². The van der Waals surface area contributed by atoms with Crippen molar-refractivity contribution in [2.24, 2.45) is 0 Å². The van der Waals surface area contributed by atoms with Gasteiger partial charge in [-0.25, -0.2) is 4.79 Å². The highest BCUT2D eigenvalue weighted by atomic mass is 16.4. The van der Waals surface area contributed by atoms with E-state index in [1.807, 2.05) is 5.32 Å². The zero-order valence-corrected chi connectivity index (χ0v) is 7.60. The number of carboxylic acid groups (broad SMARTS) is 1. The molecule has 0 bridgehead atoms. The number of hydrogen-bond acceptors (Lipinski definition) is 4. The first-order valence-corrected chi connectivity index (χ1v) is 3.99. The monoisotopic (exact) mass is 211 g/mol. The van der Waals surface area contributed by atoms with Gasteiger partial charge >= 0.3 is 6.09 Å². The maximum absolute atomic E-state index is 11.1. The standard InChI is InChI=1S/C8H9N3O4/c12-6-1-2-9-3-5(6)11-7(13)4-10-8(14)15/h1-3,10H,4H2,(H,9,12)(H,11,13)(H,14,15). The minimum atomic E-state index is -1.29. The number of rotatable bonds is 3. The van der Waals surface area contributed by atoms with Gasteiger partial charge in [-0.1, -0.05) is 0 Å². The van der Waals surface area contributed by atoms with E-state index in [0.29, 0.717) is 0 Å². The molecule has 7 nitrogen and oxygen atoms in total. The Morgan fingerprint density at radius 2 is 2.20 bits per heavy atom. The minimum absolute atomic E-state index is 0.131. The highest BCUT2D eigenvalue weighted by Crippen LogP contribution is 2.19. The van der Waals surface area contributed by atoms with Crippen LogP contribution in [0, 0.1) is 0 Å². The Morgan fingerprint density at radius 1 is 1.47 bits per heavy atom. The molecule has 0 saturated heterocycles. The number of aromatic nitrogens is 1. The molecule has 0 aromatic carbocycles. The van der Waals surface area contributed by atoms with E-state index in [9.17, 15) is 14.7 Å². The SMILES string of the molecule is O=C(O)NCC(=O)Nc1cnccc1O. The minimum Gasteiger partial charge on any atom is -0.506 e. The molecule has 0 radical (unpaired) electrons. The molecular formula is C8H9N3O4. The van der Waals surface area contributed by atoms with Crippen molar-refractivity contribution in [3.05, 3.63) is 18.5 Å². The van der Waals surface area contributed by atoms with Gasteiger partial charge in [-0.2, -0.15) is 0 Å². The number of aromatic hydroxyl groups is 1. The van der Waals surface area contributed by atoms with Gasteiger partial charge in [0.25, 0.3) is 0 Å². The van der Waals surface area contributed by atoms with Crippen molar-refractivity contribution in [1.82, 2.24) is 10.3 Å². The second-order valence-electron chi connectivity index (χ2n) is 2.60. The van der Waals surface area contributed by atoms with Crippen LogP contribution in [0.15, 0.2) is 18.5 Å². The molecule has 1 rings (SSSR count). The molecule has 0 atom stereocenters. The van der Waals surface area contributed by atoms with Crippen LogP contribution < -0.4 is 10.6 Å². The van der Waals surface area contributed by atoms with Crippen molar-refractivity contribution in [1.29, 1.82) is 0 Å². The fourth-order valence-corrected chi connectivity index (χ4v) is 0.834. The number of amides is 2.